The summed E-state index contributed by atoms with van der Waals surface area (Å²) in [4.78, 5) is 0. The molecule has 0 saturated heterocycles. The van der Waals surface area contributed by atoms with Crippen molar-refractivity contribution in [2.75, 3.05) is 7.05 Å². The van der Waals surface area contributed by atoms with Crippen LogP contribution in [0.1, 0.15) is 13.8 Å². The van der Waals surface area contributed by atoms with Crippen LogP contribution in [0.5, 0.6) is 0 Å². The minimum absolute atomic E-state index is 1.18. The largest absolute Gasteiger partial charge is 0.394 e. The topological polar surface area (TPSA) is 12.0 Å². The fourth-order valence-corrected chi connectivity index (χ4v) is 0.687. The van der Waals surface area contributed by atoms with Gasteiger partial charge in [0.25, 0.3) is 0 Å². The summed E-state index contributed by atoms with van der Waals surface area (Å²) in [6.07, 6.45) is 5.86. The molecule has 1 N–H and O–H groups in total. The van der Waals surface area contributed by atoms with E-state index in [-0.39, 0.29) is 0 Å². The van der Waals surface area contributed by atoms with E-state index >= 15 is 0 Å². The molecule has 0 spiro atoms. The molecule has 0 amide bonds. The molecule has 0 unspecified atom stereocenters. The lowest BCUT2D eigenvalue weighted by Crippen LogP contribution is -1.93. The summed E-state index contributed by atoms with van der Waals surface area (Å²) in [6.45, 7) is 7.73. The van der Waals surface area contributed by atoms with Gasteiger partial charge in [0.2, 0.25) is 0 Å². The molecular weight excluding hydrogens is 122 g/mol. The molecule has 0 aliphatic rings. The van der Waals surface area contributed by atoms with E-state index in [1.54, 1.807) is 0 Å². The number of hydrogen-bond acceptors (Lipinski definition) is 1. The van der Waals surface area contributed by atoms with Crippen LogP contribution in [0.25, 0.3) is 0 Å². The molecule has 0 aromatic heterocycles. The molecule has 0 aliphatic heterocycles. The van der Waals surface area contributed by atoms with Gasteiger partial charge in [0.1, 0.15) is 0 Å². The summed E-state index contributed by atoms with van der Waals surface area (Å²) in [5, 5.41) is 2.96. The summed E-state index contributed by atoms with van der Waals surface area (Å²) >= 11 is 0. The molecule has 0 saturated carbocycles. The van der Waals surface area contributed by atoms with E-state index in [0.29, 0.717) is 0 Å². The van der Waals surface area contributed by atoms with E-state index in [4.69, 9.17) is 0 Å². The lowest BCUT2D eigenvalue weighted by molar-refractivity contribution is 1.08. The van der Waals surface area contributed by atoms with Crippen LogP contribution < -0.4 is 5.32 Å². The molecular formula is C9H15N. The summed E-state index contributed by atoms with van der Waals surface area (Å²) in [6, 6.07) is 0. The fourth-order valence-electron chi connectivity index (χ4n) is 0.687. The quantitative estimate of drug-likeness (QED) is 0.588. The Kier molecular flexibility index (Phi) is 4.38. The monoisotopic (exact) mass is 137 g/mol. The van der Waals surface area contributed by atoms with Gasteiger partial charge in [0.15, 0.2) is 0 Å². The molecule has 0 heterocycles. The first-order valence-electron chi connectivity index (χ1n) is 3.35. The van der Waals surface area contributed by atoms with E-state index in [1.165, 1.54) is 11.1 Å². The van der Waals surface area contributed by atoms with Crippen molar-refractivity contribution in [1.82, 2.24) is 5.32 Å². The molecule has 1 nitrogen and oxygen atoms in total. The molecule has 0 aromatic carbocycles. The predicted molar refractivity (Wildman–Crippen MR) is 46.8 cm³/mol. The summed E-state index contributed by atoms with van der Waals surface area (Å²) in [5.41, 5.74) is 2.39. The zero-order chi connectivity index (χ0) is 7.98. The van der Waals surface area contributed by atoms with Crippen LogP contribution in [0.3, 0.4) is 0 Å². The maximum atomic E-state index is 3.66. The number of nitrogens with one attached hydrogen (secondary N) is 1. The Morgan fingerprint density at radius 2 is 1.90 bits per heavy atom. The summed E-state index contributed by atoms with van der Waals surface area (Å²) in [7, 11) is 1.89. The van der Waals surface area contributed by atoms with Crippen LogP contribution in [0.15, 0.2) is 36.1 Å². The van der Waals surface area contributed by atoms with E-state index in [2.05, 4.69) is 18.0 Å². The van der Waals surface area contributed by atoms with Crippen molar-refractivity contribution in [3.05, 3.63) is 36.1 Å². The highest BCUT2D eigenvalue weighted by molar-refractivity contribution is 5.25. The van der Waals surface area contributed by atoms with Gasteiger partial charge < -0.3 is 5.32 Å². The molecule has 0 radical (unpaired) electrons. The number of allylic oxidation sites excluding steroid dienone is 4. The average Bonchev–Trinajstić information content (AvgIpc) is 1.88. The van der Waals surface area contributed by atoms with Crippen molar-refractivity contribution in [3.8, 4) is 0 Å². The molecule has 0 fully saturated rings. The molecule has 0 rings (SSSR count). The van der Waals surface area contributed by atoms with E-state index in [1.807, 2.05) is 33.2 Å². The Labute approximate surface area is 63.1 Å². The van der Waals surface area contributed by atoms with E-state index in [0.717, 1.165) is 0 Å². The van der Waals surface area contributed by atoms with Gasteiger partial charge in [-0.25, -0.2) is 0 Å². The average molecular weight is 137 g/mol. The smallest absolute Gasteiger partial charge is 0.00277 e. The number of rotatable bonds is 3. The van der Waals surface area contributed by atoms with E-state index in [9.17, 15) is 0 Å². The van der Waals surface area contributed by atoms with E-state index < -0.39 is 0 Å². The van der Waals surface area contributed by atoms with Gasteiger partial charge in [0.05, 0.1) is 0 Å². The highest BCUT2D eigenvalue weighted by Crippen LogP contribution is 2.00. The normalized spacial score (nSPS) is 13.1. The van der Waals surface area contributed by atoms with Crippen LogP contribution in [0.4, 0.5) is 0 Å². The second-order valence-corrected chi connectivity index (χ2v) is 2.27. The second-order valence-electron chi connectivity index (χ2n) is 2.27. The third-order valence-corrected chi connectivity index (χ3v) is 1.15. The Morgan fingerprint density at radius 3 is 2.30 bits per heavy atom. The van der Waals surface area contributed by atoms with Crippen LogP contribution in [-0.4, -0.2) is 7.05 Å². The Hall–Kier alpha value is -0.980. The molecule has 0 atom stereocenters. The zero-order valence-electron chi connectivity index (χ0n) is 6.94. The first kappa shape index (κ1) is 9.02. The van der Waals surface area contributed by atoms with Crippen molar-refractivity contribution < 1.29 is 0 Å². The Bertz CT molecular complexity index is 164. The highest BCUT2D eigenvalue weighted by Gasteiger charge is 1.81. The van der Waals surface area contributed by atoms with Crippen LogP contribution >= 0.6 is 0 Å². The predicted octanol–water partition coefficient (Wildman–Crippen LogP) is 2.24. The van der Waals surface area contributed by atoms with Gasteiger partial charge in [-0.05, 0) is 25.6 Å². The van der Waals surface area contributed by atoms with Crippen molar-refractivity contribution in [1.29, 1.82) is 0 Å². The van der Waals surface area contributed by atoms with Crippen LogP contribution in [0, 0.1) is 0 Å². The maximum absolute atomic E-state index is 3.66. The Morgan fingerprint density at radius 1 is 1.30 bits per heavy atom. The van der Waals surface area contributed by atoms with Crippen molar-refractivity contribution in [2.24, 2.45) is 0 Å². The summed E-state index contributed by atoms with van der Waals surface area (Å²) in [5.74, 6) is 0. The fraction of sp³-hybridized carbons (Fsp3) is 0.333. The first-order chi connectivity index (χ1) is 4.70. The molecule has 1 heteroatoms. The zero-order valence-corrected chi connectivity index (χ0v) is 6.94. The minimum atomic E-state index is 1.18. The third kappa shape index (κ3) is 3.96. The third-order valence-electron chi connectivity index (χ3n) is 1.15. The lowest BCUT2D eigenvalue weighted by atomic mass is 10.2. The van der Waals surface area contributed by atoms with Gasteiger partial charge in [0, 0.05) is 7.05 Å². The number of hydrogen-bond donors (Lipinski definition) is 1. The molecule has 10 heavy (non-hydrogen) atoms. The van der Waals surface area contributed by atoms with Crippen LogP contribution in [0.2, 0.25) is 0 Å². The van der Waals surface area contributed by atoms with Gasteiger partial charge in [-0.2, -0.15) is 0 Å². The molecule has 0 bridgehead atoms. The molecule has 56 valence electrons. The highest BCUT2D eigenvalue weighted by atomic mass is 14.8. The minimum Gasteiger partial charge on any atom is -0.394 e. The van der Waals surface area contributed by atoms with Gasteiger partial charge in [-0.15, -0.1) is 0 Å². The SMILES string of the molecule is C=C/C(C)=C\C(C)=C/NC. The van der Waals surface area contributed by atoms with Crippen molar-refractivity contribution in [2.45, 2.75) is 13.8 Å². The molecule has 0 aromatic rings. The standard InChI is InChI=1S/C9H15N/c1-5-8(2)6-9(3)7-10-4/h5-7,10H,1H2,2-4H3/b8-6-,9-7-. The van der Waals surface area contributed by atoms with Gasteiger partial charge in [-0.3, -0.25) is 0 Å². The maximum Gasteiger partial charge on any atom is 0.00277 e. The van der Waals surface area contributed by atoms with Gasteiger partial charge in [-0.1, -0.05) is 24.3 Å². The molecule has 0 aliphatic carbocycles. The second kappa shape index (κ2) is 4.86. The van der Waals surface area contributed by atoms with Crippen LogP contribution in [-0.2, 0) is 0 Å². The Balaban J connectivity index is 4.11. The van der Waals surface area contributed by atoms with Crippen molar-refractivity contribution >= 4 is 0 Å². The van der Waals surface area contributed by atoms with Crippen molar-refractivity contribution in [3.63, 3.8) is 0 Å². The summed E-state index contributed by atoms with van der Waals surface area (Å²) < 4.78 is 0. The first-order valence-corrected chi connectivity index (χ1v) is 3.35. The lowest BCUT2D eigenvalue weighted by Gasteiger charge is -1.93. The van der Waals surface area contributed by atoms with Gasteiger partial charge >= 0.3 is 0 Å².